The topological polar surface area (TPSA) is 49.8 Å². The third-order valence-electron chi connectivity index (χ3n) is 5.19. The Kier molecular flexibility index (Phi) is 5.97. The maximum Gasteiger partial charge on any atom is 0.187 e. The lowest BCUT2D eigenvalue weighted by Crippen LogP contribution is -2.43. The number of aliphatic hydroxyl groups is 1. The highest BCUT2D eigenvalue weighted by atomic mass is 16.5. The first-order valence-corrected chi connectivity index (χ1v) is 9.36. The average molecular weight is 365 g/mol. The van der Waals surface area contributed by atoms with E-state index in [0.29, 0.717) is 24.8 Å². The fourth-order valence-electron chi connectivity index (χ4n) is 3.38. The van der Waals surface area contributed by atoms with Crippen LogP contribution in [0, 0.1) is 6.92 Å². The van der Waals surface area contributed by atoms with Gasteiger partial charge in [-0.2, -0.15) is 0 Å². The van der Waals surface area contributed by atoms with Gasteiger partial charge in [0.1, 0.15) is 5.75 Å². The van der Waals surface area contributed by atoms with Crippen LogP contribution in [0.15, 0.2) is 60.8 Å². The molecule has 1 fully saturated rings. The lowest BCUT2D eigenvalue weighted by atomic mass is 9.85. The average Bonchev–Trinajstić information content (AvgIpc) is 2.69. The van der Waals surface area contributed by atoms with Crippen LogP contribution in [-0.4, -0.2) is 41.6 Å². The predicted octanol–water partition coefficient (Wildman–Crippen LogP) is 3.77. The van der Waals surface area contributed by atoms with Crippen molar-refractivity contribution in [1.82, 2.24) is 4.90 Å². The molecule has 2 aromatic rings. The minimum absolute atomic E-state index is 0.0295. The zero-order chi connectivity index (χ0) is 19.3. The Morgan fingerprint density at radius 2 is 1.74 bits per heavy atom. The minimum Gasteiger partial charge on any atom is -0.497 e. The van der Waals surface area contributed by atoms with Crippen LogP contribution in [-0.2, 0) is 6.42 Å². The van der Waals surface area contributed by atoms with Crippen LogP contribution in [0.1, 0.15) is 34.3 Å². The Morgan fingerprint density at radius 1 is 1.11 bits per heavy atom. The van der Waals surface area contributed by atoms with E-state index in [9.17, 15) is 9.90 Å². The normalized spacial score (nSPS) is 16.5. The summed E-state index contributed by atoms with van der Waals surface area (Å²) in [4.78, 5) is 14.4. The number of ether oxygens (including phenoxy) is 1. The van der Waals surface area contributed by atoms with Gasteiger partial charge in [0.15, 0.2) is 5.78 Å². The number of hydrogen-bond donors (Lipinski definition) is 1. The maximum atomic E-state index is 12.3. The number of methoxy groups -OCH3 is 1. The zero-order valence-corrected chi connectivity index (χ0v) is 16.0. The number of allylic oxidation sites excluding steroid dienone is 1. The van der Waals surface area contributed by atoms with Gasteiger partial charge in [-0.1, -0.05) is 29.8 Å². The van der Waals surface area contributed by atoms with E-state index in [1.165, 1.54) is 11.1 Å². The van der Waals surface area contributed by atoms with Crippen molar-refractivity contribution in [2.24, 2.45) is 0 Å². The van der Waals surface area contributed by atoms with Gasteiger partial charge in [0.2, 0.25) is 0 Å². The zero-order valence-electron chi connectivity index (χ0n) is 16.0. The molecular formula is C23H27NO3. The first-order chi connectivity index (χ1) is 13.0. The Morgan fingerprint density at radius 3 is 2.33 bits per heavy atom. The van der Waals surface area contributed by atoms with Crippen molar-refractivity contribution in [2.75, 3.05) is 20.2 Å². The molecule has 0 bridgehead atoms. The number of carbonyl (C=O) groups is 1. The van der Waals surface area contributed by atoms with Gasteiger partial charge in [-0.15, -0.1) is 0 Å². The smallest absolute Gasteiger partial charge is 0.187 e. The van der Waals surface area contributed by atoms with Crippen molar-refractivity contribution < 1.29 is 14.6 Å². The first kappa shape index (κ1) is 19.2. The number of likely N-dealkylation sites (tertiary alicyclic amines) is 1. The number of benzene rings is 2. The molecule has 4 heteroatoms. The largest absolute Gasteiger partial charge is 0.497 e. The molecular weight excluding hydrogens is 338 g/mol. The number of hydrogen-bond acceptors (Lipinski definition) is 4. The minimum atomic E-state index is -0.667. The molecule has 0 aliphatic carbocycles. The number of rotatable bonds is 6. The van der Waals surface area contributed by atoms with Crippen LogP contribution < -0.4 is 4.74 Å². The summed E-state index contributed by atoms with van der Waals surface area (Å²) < 4.78 is 5.11. The van der Waals surface area contributed by atoms with Gasteiger partial charge in [-0.3, -0.25) is 4.79 Å². The van der Waals surface area contributed by atoms with E-state index in [4.69, 9.17) is 4.74 Å². The van der Waals surface area contributed by atoms with Gasteiger partial charge in [-0.05, 0) is 49.6 Å². The molecule has 0 amide bonds. The van der Waals surface area contributed by atoms with Crippen LogP contribution in [0.4, 0.5) is 0 Å². The molecule has 27 heavy (non-hydrogen) atoms. The predicted molar refractivity (Wildman–Crippen MR) is 107 cm³/mol. The highest BCUT2D eigenvalue weighted by Crippen LogP contribution is 2.26. The van der Waals surface area contributed by atoms with Gasteiger partial charge in [0.25, 0.3) is 0 Å². The number of aryl methyl sites for hydroxylation is 1. The summed E-state index contributed by atoms with van der Waals surface area (Å²) in [6.07, 6.45) is 5.52. The van der Waals surface area contributed by atoms with Crippen LogP contribution in [0.3, 0.4) is 0 Å². The van der Waals surface area contributed by atoms with Gasteiger partial charge in [-0.25, -0.2) is 0 Å². The Balaban J connectivity index is 1.52. The molecule has 0 atom stereocenters. The first-order valence-electron chi connectivity index (χ1n) is 9.36. The van der Waals surface area contributed by atoms with Crippen LogP contribution in [0.5, 0.6) is 5.75 Å². The fourth-order valence-corrected chi connectivity index (χ4v) is 3.38. The van der Waals surface area contributed by atoms with Gasteiger partial charge >= 0.3 is 0 Å². The second-order valence-corrected chi connectivity index (χ2v) is 7.33. The van der Waals surface area contributed by atoms with Crippen molar-refractivity contribution in [1.29, 1.82) is 0 Å². The van der Waals surface area contributed by atoms with Crippen LogP contribution >= 0.6 is 0 Å². The Bertz CT molecular complexity index is 785. The Labute approximate surface area is 161 Å². The van der Waals surface area contributed by atoms with E-state index >= 15 is 0 Å². The number of piperidine rings is 1. The Hall–Kier alpha value is -2.59. The van der Waals surface area contributed by atoms with Crippen LogP contribution in [0.2, 0.25) is 0 Å². The molecule has 1 aliphatic heterocycles. The molecule has 1 heterocycles. The molecule has 3 rings (SSSR count). The molecule has 1 aliphatic rings. The van der Waals surface area contributed by atoms with Gasteiger partial charge in [0.05, 0.1) is 12.7 Å². The SMILES string of the molecule is COc1ccc(C(=O)/C=C/N2CCC(O)(Cc3ccc(C)cc3)CC2)cc1. The monoisotopic (exact) mass is 365 g/mol. The molecule has 0 radical (unpaired) electrons. The molecule has 4 nitrogen and oxygen atoms in total. The van der Waals surface area contributed by atoms with E-state index in [1.807, 2.05) is 6.20 Å². The van der Waals surface area contributed by atoms with Crippen molar-refractivity contribution in [2.45, 2.75) is 31.8 Å². The van der Waals surface area contributed by atoms with Crippen molar-refractivity contribution in [3.05, 3.63) is 77.5 Å². The molecule has 142 valence electrons. The summed E-state index contributed by atoms with van der Waals surface area (Å²) >= 11 is 0. The number of ketones is 1. The lowest BCUT2D eigenvalue weighted by Gasteiger charge is -2.38. The molecule has 0 aromatic heterocycles. The van der Waals surface area contributed by atoms with E-state index in [0.717, 1.165) is 18.8 Å². The van der Waals surface area contributed by atoms with Crippen molar-refractivity contribution >= 4 is 5.78 Å². The van der Waals surface area contributed by atoms with E-state index in [1.54, 1.807) is 37.5 Å². The van der Waals surface area contributed by atoms with E-state index in [-0.39, 0.29) is 5.78 Å². The summed E-state index contributed by atoms with van der Waals surface area (Å²) in [6.45, 7) is 3.56. The van der Waals surface area contributed by atoms with E-state index in [2.05, 4.69) is 36.1 Å². The lowest BCUT2D eigenvalue weighted by molar-refractivity contribution is -0.0108. The second kappa shape index (κ2) is 8.40. The highest BCUT2D eigenvalue weighted by molar-refractivity contribution is 6.04. The second-order valence-electron chi connectivity index (χ2n) is 7.33. The summed E-state index contributed by atoms with van der Waals surface area (Å²) in [6, 6.07) is 15.5. The van der Waals surface area contributed by atoms with Gasteiger partial charge < -0.3 is 14.7 Å². The maximum absolute atomic E-state index is 12.3. The molecule has 0 spiro atoms. The van der Waals surface area contributed by atoms with Crippen LogP contribution in [0.25, 0.3) is 0 Å². The standard InChI is InChI=1S/C23H27NO3/c1-18-3-5-19(6-4-18)17-23(26)12-15-24(16-13-23)14-11-22(25)20-7-9-21(27-2)10-8-20/h3-11,14,26H,12-13,15-17H2,1-2H3/b14-11+. The molecule has 0 unspecified atom stereocenters. The summed E-state index contributed by atoms with van der Waals surface area (Å²) in [5, 5.41) is 10.9. The molecule has 1 saturated heterocycles. The highest BCUT2D eigenvalue weighted by Gasteiger charge is 2.31. The number of nitrogens with zero attached hydrogens (tertiary/aromatic N) is 1. The fraction of sp³-hybridized carbons (Fsp3) is 0.348. The van der Waals surface area contributed by atoms with Gasteiger partial charge in [0, 0.05) is 37.3 Å². The third kappa shape index (κ3) is 5.20. The molecule has 2 aromatic carbocycles. The molecule has 1 N–H and O–H groups in total. The summed E-state index contributed by atoms with van der Waals surface area (Å²) in [5.74, 6) is 0.706. The quantitative estimate of drug-likeness (QED) is 0.625. The van der Waals surface area contributed by atoms with E-state index < -0.39 is 5.60 Å². The summed E-state index contributed by atoms with van der Waals surface area (Å²) in [7, 11) is 1.60. The molecule has 0 saturated carbocycles. The van der Waals surface area contributed by atoms with Crippen molar-refractivity contribution in [3.63, 3.8) is 0 Å². The third-order valence-corrected chi connectivity index (χ3v) is 5.19. The van der Waals surface area contributed by atoms with Crippen molar-refractivity contribution in [3.8, 4) is 5.75 Å². The number of carbonyl (C=O) groups excluding carboxylic acids is 1. The summed E-state index contributed by atoms with van der Waals surface area (Å²) in [5.41, 5.74) is 2.37.